The van der Waals surface area contributed by atoms with E-state index in [2.05, 4.69) is 4.98 Å². The third-order valence-corrected chi connectivity index (χ3v) is 3.40. The normalized spacial score (nSPS) is 21.6. The highest BCUT2D eigenvalue weighted by Crippen LogP contribution is 2.27. The highest BCUT2D eigenvalue weighted by Gasteiger charge is 2.22. The third kappa shape index (κ3) is 3.10. The summed E-state index contributed by atoms with van der Waals surface area (Å²) >= 11 is 0. The number of aryl methyl sites for hydroxylation is 2. The number of aromatic nitrogens is 2. The number of hydrogen-bond donors (Lipinski definition) is 0. The predicted octanol–water partition coefficient (Wildman–Crippen LogP) is 1.54. The van der Waals surface area contributed by atoms with E-state index < -0.39 is 0 Å². The smallest absolute Gasteiger partial charge is 0.348 e. The maximum atomic E-state index is 11.9. The van der Waals surface area contributed by atoms with E-state index in [1.807, 2.05) is 32.2 Å². The van der Waals surface area contributed by atoms with Crippen LogP contribution in [0.25, 0.3) is 0 Å². The van der Waals surface area contributed by atoms with E-state index in [-0.39, 0.29) is 23.6 Å². The average molecular weight is 262 g/mol. The summed E-state index contributed by atoms with van der Waals surface area (Å²) in [5.74, 6) is -0.107. The summed E-state index contributed by atoms with van der Waals surface area (Å²) in [6.07, 6.45) is 6.58. The minimum Gasteiger partial charge on any atom is -0.465 e. The van der Waals surface area contributed by atoms with Crippen LogP contribution >= 0.6 is 0 Å². The van der Waals surface area contributed by atoms with E-state index >= 15 is 0 Å². The maximum absolute atomic E-state index is 11.9. The SMILES string of the molecule is CC(=O)OCC1C=CC(n2cc(C)c(C)nc2=O)C1. The molecule has 1 aromatic rings. The van der Waals surface area contributed by atoms with Crippen LogP contribution in [0.3, 0.4) is 0 Å². The maximum Gasteiger partial charge on any atom is 0.348 e. The van der Waals surface area contributed by atoms with Gasteiger partial charge in [0.25, 0.3) is 0 Å². The zero-order valence-corrected chi connectivity index (χ0v) is 11.4. The minimum absolute atomic E-state index is 0.000131. The first-order valence-electron chi connectivity index (χ1n) is 6.35. The van der Waals surface area contributed by atoms with Crippen LogP contribution in [0.15, 0.2) is 23.1 Å². The molecule has 19 heavy (non-hydrogen) atoms. The number of esters is 1. The first kappa shape index (κ1) is 13.5. The number of allylic oxidation sites excluding steroid dienone is 1. The Hall–Kier alpha value is -1.91. The number of nitrogens with zero attached hydrogens (tertiary/aromatic N) is 2. The largest absolute Gasteiger partial charge is 0.465 e. The van der Waals surface area contributed by atoms with Crippen molar-refractivity contribution >= 4 is 5.97 Å². The van der Waals surface area contributed by atoms with Crippen LogP contribution in [0.4, 0.5) is 0 Å². The van der Waals surface area contributed by atoms with Gasteiger partial charge in [-0.2, -0.15) is 4.98 Å². The first-order chi connectivity index (χ1) is 8.97. The Balaban J connectivity index is 2.10. The van der Waals surface area contributed by atoms with E-state index in [1.54, 1.807) is 4.57 Å². The van der Waals surface area contributed by atoms with Gasteiger partial charge in [0, 0.05) is 24.7 Å². The summed E-state index contributed by atoms with van der Waals surface area (Å²) in [6, 6.07) is -0.000131. The molecule has 0 amide bonds. The summed E-state index contributed by atoms with van der Waals surface area (Å²) in [5, 5.41) is 0. The number of rotatable bonds is 3. The van der Waals surface area contributed by atoms with Crippen molar-refractivity contribution in [2.45, 2.75) is 33.2 Å². The molecule has 2 rings (SSSR count). The highest BCUT2D eigenvalue weighted by molar-refractivity contribution is 5.65. The van der Waals surface area contributed by atoms with Crippen LogP contribution in [0, 0.1) is 19.8 Å². The Kier molecular flexibility index (Phi) is 3.83. The lowest BCUT2D eigenvalue weighted by molar-refractivity contribution is -0.141. The standard InChI is InChI=1S/C14H18N2O3/c1-9-7-16(14(18)15-10(9)2)13-5-4-12(6-13)8-19-11(3)17/h4-5,7,12-13H,6,8H2,1-3H3. The topological polar surface area (TPSA) is 61.2 Å². The van der Waals surface area contributed by atoms with Crippen molar-refractivity contribution in [1.29, 1.82) is 0 Å². The van der Waals surface area contributed by atoms with Crippen LogP contribution in [0.1, 0.15) is 30.6 Å². The monoisotopic (exact) mass is 262 g/mol. The van der Waals surface area contributed by atoms with E-state index in [1.165, 1.54) is 6.92 Å². The highest BCUT2D eigenvalue weighted by atomic mass is 16.5. The summed E-state index contributed by atoms with van der Waals surface area (Å²) in [6.45, 7) is 5.53. The second-order valence-corrected chi connectivity index (χ2v) is 4.95. The van der Waals surface area contributed by atoms with Crippen molar-refractivity contribution in [2.75, 3.05) is 6.61 Å². The van der Waals surface area contributed by atoms with Crippen LogP contribution in [0.2, 0.25) is 0 Å². The third-order valence-electron chi connectivity index (χ3n) is 3.40. The zero-order valence-electron chi connectivity index (χ0n) is 11.4. The molecule has 0 bridgehead atoms. The van der Waals surface area contributed by atoms with E-state index in [0.29, 0.717) is 6.61 Å². The lowest BCUT2D eigenvalue weighted by Gasteiger charge is -2.15. The number of carbonyl (C=O) groups is 1. The van der Waals surface area contributed by atoms with Crippen LogP contribution < -0.4 is 5.69 Å². The van der Waals surface area contributed by atoms with Crippen LogP contribution in [-0.4, -0.2) is 22.1 Å². The molecule has 102 valence electrons. The molecule has 0 aliphatic heterocycles. The summed E-state index contributed by atoms with van der Waals surface area (Å²) in [4.78, 5) is 26.7. The lowest BCUT2D eigenvalue weighted by Crippen LogP contribution is -2.27. The molecule has 1 aromatic heterocycles. The van der Waals surface area contributed by atoms with Gasteiger partial charge in [-0.15, -0.1) is 0 Å². The van der Waals surface area contributed by atoms with Gasteiger partial charge in [0.15, 0.2) is 0 Å². The van der Waals surface area contributed by atoms with Gasteiger partial charge in [-0.05, 0) is 25.8 Å². The molecule has 0 spiro atoms. The Morgan fingerprint density at radius 3 is 2.89 bits per heavy atom. The number of ether oxygens (including phenoxy) is 1. The molecule has 0 fully saturated rings. The minimum atomic E-state index is -0.276. The molecule has 1 aliphatic carbocycles. The lowest BCUT2D eigenvalue weighted by atomic mass is 10.1. The molecular formula is C14H18N2O3. The van der Waals surface area contributed by atoms with Crippen molar-refractivity contribution in [3.8, 4) is 0 Å². The molecule has 1 heterocycles. The van der Waals surface area contributed by atoms with Crippen LogP contribution in [0.5, 0.6) is 0 Å². The average Bonchev–Trinajstić information content (AvgIpc) is 2.80. The second kappa shape index (κ2) is 5.38. The first-order valence-corrected chi connectivity index (χ1v) is 6.35. The zero-order chi connectivity index (χ0) is 14.0. The molecule has 2 unspecified atom stereocenters. The van der Waals surface area contributed by atoms with E-state index in [9.17, 15) is 9.59 Å². The van der Waals surface area contributed by atoms with E-state index in [0.717, 1.165) is 17.7 Å². The summed E-state index contributed by atoms with van der Waals surface area (Å²) < 4.78 is 6.64. The molecule has 5 heteroatoms. The van der Waals surface area contributed by atoms with Crippen molar-refractivity contribution in [1.82, 2.24) is 9.55 Å². The predicted molar refractivity (Wildman–Crippen MR) is 70.9 cm³/mol. The Labute approximate surface area is 111 Å². The van der Waals surface area contributed by atoms with Crippen LogP contribution in [-0.2, 0) is 9.53 Å². The Bertz CT molecular complexity index is 575. The molecule has 2 atom stereocenters. The van der Waals surface area contributed by atoms with Gasteiger partial charge < -0.3 is 4.74 Å². The van der Waals surface area contributed by atoms with Gasteiger partial charge >= 0.3 is 11.7 Å². The Morgan fingerprint density at radius 1 is 1.47 bits per heavy atom. The molecular weight excluding hydrogens is 244 g/mol. The second-order valence-electron chi connectivity index (χ2n) is 4.95. The molecule has 0 saturated heterocycles. The Morgan fingerprint density at radius 2 is 2.21 bits per heavy atom. The summed E-state index contributed by atoms with van der Waals surface area (Å²) in [7, 11) is 0. The van der Waals surface area contributed by atoms with Gasteiger partial charge in [-0.1, -0.05) is 12.2 Å². The van der Waals surface area contributed by atoms with Gasteiger partial charge in [-0.3, -0.25) is 9.36 Å². The van der Waals surface area contributed by atoms with Gasteiger partial charge in [0.05, 0.1) is 12.6 Å². The molecule has 0 aromatic carbocycles. The summed E-state index contributed by atoms with van der Waals surface area (Å²) in [5.41, 5.74) is 1.53. The van der Waals surface area contributed by atoms with Gasteiger partial charge in [0.1, 0.15) is 0 Å². The van der Waals surface area contributed by atoms with Gasteiger partial charge in [0.2, 0.25) is 0 Å². The van der Waals surface area contributed by atoms with Crippen molar-refractivity contribution in [2.24, 2.45) is 5.92 Å². The fourth-order valence-electron chi connectivity index (χ4n) is 2.19. The van der Waals surface area contributed by atoms with Crippen molar-refractivity contribution in [3.05, 3.63) is 40.1 Å². The van der Waals surface area contributed by atoms with Crippen molar-refractivity contribution in [3.63, 3.8) is 0 Å². The van der Waals surface area contributed by atoms with Gasteiger partial charge in [-0.25, -0.2) is 4.79 Å². The van der Waals surface area contributed by atoms with E-state index in [4.69, 9.17) is 4.74 Å². The molecule has 5 nitrogen and oxygen atoms in total. The molecule has 0 N–H and O–H groups in total. The fourth-order valence-corrected chi connectivity index (χ4v) is 2.19. The number of hydrogen-bond acceptors (Lipinski definition) is 4. The quantitative estimate of drug-likeness (QED) is 0.612. The fraction of sp³-hybridized carbons (Fsp3) is 0.500. The number of carbonyl (C=O) groups excluding carboxylic acids is 1. The molecule has 0 radical (unpaired) electrons. The molecule has 0 saturated carbocycles. The molecule has 1 aliphatic rings. The van der Waals surface area contributed by atoms with Crippen molar-refractivity contribution < 1.29 is 9.53 Å².